The van der Waals surface area contributed by atoms with Crippen LogP contribution in [0.2, 0.25) is 0 Å². The summed E-state index contributed by atoms with van der Waals surface area (Å²) in [7, 11) is 0. The van der Waals surface area contributed by atoms with Crippen LogP contribution in [0, 0.1) is 12.7 Å². The van der Waals surface area contributed by atoms with Gasteiger partial charge in [-0.2, -0.15) is 13.2 Å². The van der Waals surface area contributed by atoms with Gasteiger partial charge in [0.15, 0.2) is 0 Å². The molecule has 3 N–H and O–H groups in total. The van der Waals surface area contributed by atoms with Crippen molar-refractivity contribution in [2.75, 3.05) is 11.1 Å². The Balaban J connectivity index is 2.39. The van der Waals surface area contributed by atoms with Crippen LogP contribution in [0.15, 0.2) is 28.9 Å². The van der Waals surface area contributed by atoms with Crippen LogP contribution < -0.4 is 11.1 Å². The number of anilines is 3. The van der Waals surface area contributed by atoms with E-state index in [1.54, 1.807) is 6.92 Å². The number of benzene rings is 1. The number of aromatic nitrogens is 1. The molecule has 0 unspecified atom stereocenters. The first-order valence-corrected chi connectivity index (χ1v) is 6.54. The van der Waals surface area contributed by atoms with Gasteiger partial charge in [0.1, 0.15) is 11.6 Å². The smallest absolute Gasteiger partial charge is 0.397 e. The number of nitrogen functional groups attached to an aromatic ring is 1. The van der Waals surface area contributed by atoms with E-state index in [4.69, 9.17) is 5.73 Å². The lowest BCUT2D eigenvalue weighted by Gasteiger charge is -2.13. The first-order chi connectivity index (χ1) is 9.70. The maximum Gasteiger partial charge on any atom is 0.419 e. The molecule has 1 aromatic heterocycles. The lowest BCUT2D eigenvalue weighted by Crippen LogP contribution is -2.09. The zero-order valence-electron chi connectivity index (χ0n) is 10.7. The van der Waals surface area contributed by atoms with Gasteiger partial charge in [-0.25, -0.2) is 9.37 Å². The Labute approximate surface area is 126 Å². The predicted molar refractivity (Wildman–Crippen MR) is 75.8 cm³/mol. The van der Waals surface area contributed by atoms with Crippen LogP contribution in [-0.2, 0) is 6.18 Å². The molecule has 21 heavy (non-hydrogen) atoms. The monoisotopic (exact) mass is 363 g/mol. The Kier molecular flexibility index (Phi) is 4.08. The van der Waals surface area contributed by atoms with Crippen molar-refractivity contribution in [2.45, 2.75) is 13.1 Å². The van der Waals surface area contributed by atoms with Crippen molar-refractivity contribution in [3.63, 3.8) is 0 Å². The van der Waals surface area contributed by atoms with Crippen molar-refractivity contribution in [3.8, 4) is 0 Å². The van der Waals surface area contributed by atoms with Gasteiger partial charge < -0.3 is 11.1 Å². The van der Waals surface area contributed by atoms with E-state index in [1.807, 2.05) is 0 Å². The van der Waals surface area contributed by atoms with Crippen LogP contribution in [-0.4, -0.2) is 4.98 Å². The summed E-state index contributed by atoms with van der Waals surface area (Å²) in [5.74, 6) is -1.03. The first kappa shape index (κ1) is 15.6. The van der Waals surface area contributed by atoms with Crippen LogP contribution in [0.25, 0.3) is 0 Å². The lowest BCUT2D eigenvalue weighted by molar-refractivity contribution is -0.139. The van der Waals surface area contributed by atoms with E-state index in [0.29, 0.717) is 27.6 Å². The van der Waals surface area contributed by atoms with Crippen LogP contribution in [0.1, 0.15) is 11.1 Å². The van der Waals surface area contributed by atoms with Gasteiger partial charge in [0.2, 0.25) is 0 Å². The van der Waals surface area contributed by atoms with Crippen molar-refractivity contribution >= 4 is 33.1 Å². The van der Waals surface area contributed by atoms with Crippen molar-refractivity contribution < 1.29 is 17.6 Å². The molecule has 3 nitrogen and oxygen atoms in total. The summed E-state index contributed by atoms with van der Waals surface area (Å²) in [4.78, 5) is 3.99. The second kappa shape index (κ2) is 5.51. The molecule has 0 radical (unpaired) electrons. The summed E-state index contributed by atoms with van der Waals surface area (Å²) in [5, 5.41) is 2.70. The molecule has 1 heterocycles. The minimum Gasteiger partial charge on any atom is -0.397 e. The highest BCUT2D eigenvalue weighted by Gasteiger charge is 2.34. The summed E-state index contributed by atoms with van der Waals surface area (Å²) >= 11 is 3.26. The molecule has 0 bridgehead atoms. The fraction of sp³-hybridized carbons (Fsp3) is 0.154. The second-order valence-corrected chi connectivity index (χ2v) is 5.11. The van der Waals surface area contributed by atoms with Crippen LogP contribution >= 0.6 is 15.9 Å². The number of pyridine rings is 1. The van der Waals surface area contributed by atoms with Crippen LogP contribution in [0.5, 0.6) is 0 Å². The Morgan fingerprint density at radius 3 is 2.57 bits per heavy atom. The molecule has 0 spiro atoms. The molecule has 0 fully saturated rings. The minimum atomic E-state index is -4.76. The summed E-state index contributed by atoms with van der Waals surface area (Å²) < 4.78 is 51.7. The quantitative estimate of drug-likeness (QED) is 0.764. The van der Waals surface area contributed by atoms with Gasteiger partial charge in [0, 0.05) is 5.69 Å². The third-order valence-electron chi connectivity index (χ3n) is 2.84. The summed E-state index contributed by atoms with van der Waals surface area (Å²) in [6, 6.07) is 2.64. The van der Waals surface area contributed by atoms with E-state index in [2.05, 4.69) is 26.2 Å². The van der Waals surface area contributed by atoms with E-state index in [1.165, 1.54) is 12.3 Å². The summed E-state index contributed by atoms with van der Waals surface area (Å²) in [5.41, 5.74) is 5.55. The molecule has 0 amide bonds. The number of nitrogens with one attached hydrogen (secondary N) is 1. The molecule has 8 heteroatoms. The molecule has 2 rings (SSSR count). The lowest BCUT2D eigenvalue weighted by atomic mass is 10.1. The molecule has 2 aromatic rings. The summed E-state index contributed by atoms with van der Waals surface area (Å²) in [6.45, 7) is 1.73. The fourth-order valence-electron chi connectivity index (χ4n) is 1.64. The maximum absolute atomic E-state index is 13.2. The van der Waals surface area contributed by atoms with Gasteiger partial charge in [0.25, 0.3) is 0 Å². The Bertz CT molecular complexity index is 686. The number of alkyl halides is 3. The Morgan fingerprint density at radius 1 is 1.29 bits per heavy atom. The number of nitrogens with two attached hydrogens (primary N) is 1. The van der Waals surface area contributed by atoms with Crippen LogP contribution in [0.3, 0.4) is 0 Å². The molecule has 0 saturated heterocycles. The predicted octanol–water partition coefficient (Wildman–Crippen LogP) is 4.64. The Hall–Kier alpha value is -1.83. The SMILES string of the molecule is Cc1c(N)cnc(Nc2ccc(F)c(C(F)(F)F)c2)c1Br. The van der Waals surface area contributed by atoms with E-state index >= 15 is 0 Å². The maximum atomic E-state index is 13.2. The second-order valence-electron chi connectivity index (χ2n) is 4.32. The van der Waals surface area contributed by atoms with Gasteiger partial charge in [0.05, 0.1) is 21.9 Å². The first-order valence-electron chi connectivity index (χ1n) is 5.74. The third-order valence-corrected chi connectivity index (χ3v) is 3.81. The van der Waals surface area contributed by atoms with Crippen LogP contribution in [0.4, 0.5) is 34.8 Å². The van der Waals surface area contributed by atoms with Crippen molar-refractivity contribution in [2.24, 2.45) is 0 Å². The fourth-order valence-corrected chi connectivity index (χ4v) is 2.07. The molecule has 0 aliphatic heterocycles. The van der Waals surface area contributed by atoms with Crippen molar-refractivity contribution in [3.05, 3.63) is 45.8 Å². The van der Waals surface area contributed by atoms with Gasteiger partial charge >= 0.3 is 6.18 Å². The number of halogens is 5. The average Bonchev–Trinajstić information content (AvgIpc) is 2.40. The van der Waals surface area contributed by atoms with E-state index in [0.717, 1.165) is 6.07 Å². The van der Waals surface area contributed by atoms with E-state index < -0.39 is 17.6 Å². The van der Waals surface area contributed by atoms with Crippen molar-refractivity contribution in [1.29, 1.82) is 0 Å². The van der Waals surface area contributed by atoms with E-state index in [-0.39, 0.29) is 5.69 Å². The third kappa shape index (κ3) is 3.26. The normalized spacial score (nSPS) is 11.5. The number of rotatable bonds is 2. The topological polar surface area (TPSA) is 50.9 Å². The molecule has 0 atom stereocenters. The highest BCUT2D eigenvalue weighted by Crippen LogP contribution is 2.35. The standard InChI is InChI=1S/C13H10BrF4N3/c1-6-10(19)5-20-12(11(6)14)21-7-2-3-9(15)8(4-7)13(16,17)18/h2-5H,19H2,1H3,(H,20,21). The van der Waals surface area contributed by atoms with Gasteiger partial charge in [-0.15, -0.1) is 0 Å². The molecule has 0 aliphatic carbocycles. The summed E-state index contributed by atoms with van der Waals surface area (Å²) in [6.07, 6.45) is -3.37. The molecular formula is C13H10BrF4N3. The Morgan fingerprint density at radius 2 is 1.95 bits per heavy atom. The molecule has 1 aromatic carbocycles. The zero-order valence-corrected chi connectivity index (χ0v) is 12.3. The molecule has 112 valence electrons. The van der Waals surface area contributed by atoms with Crippen molar-refractivity contribution in [1.82, 2.24) is 4.98 Å². The van der Waals surface area contributed by atoms with Gasteiger partial charge in [-0.05, 0) is 46.6 Å². The zero-order chi connectivity index (χ0) is 15.8. The highest BCUT2D eigenvalue weighted by molar-refractivity contribution is 9.10. The molecular weight excluding hydrogens is 354 g/mol. The van der Waals surface area contributed by atoms with E-state index in [9.17, 15) is 17.6 Å². The highest BCUT2D eigenvalue weighted by atomic mass is 79.9. The number of nitrogens with zero attached hydrogens (tertiary/aromatic N) is 1. The average molecular weight is 364 g/mol. The largest absolute Gasteiger partial charge is 0.419 e. The number of hydrogen-bond acceptors (Lipinski definition) is 3. The number of hydrogen-bond donors (Lipinski definition) is 2. The molecule has 0 aliphatic rings. The van der Waals surface area contributed by atoms with Gasteiger partial charge in [-0.1, -0.05) is 0 Å². The molecule has 0 saturated carbocycles. The minimum absolute atomic E-state index is 0.0705. The van der Waals surface area contributed by atoms with Gasteiger partial charge in [-0.3, -0.25) is 0 Å².